The number of sulfonamides is 1. The third-order valence-electron chi connectivity index (χ3n) is 8.40. The molecule has 1 unspecified atom stereocenters. The lowest BCUT2D eigenvalue weighted by Crippen LogP contribution is -2.33. The summed E-state index contributed by atoms with van der Waals surface area (Å²) in [6.07, 6.45) is 0.273. The lowest BCUT2D eigenvalue weighted by atomic mass is 10.0. The fourth-order valence-corrected chi connectivity index (χ4v) is 7.15. The molecule has 7 aromatic rings. The van der Waals surface area contributed by atoms with Crippen LogP contribution in [0.15, 0.2) is 138 Å². The largest absolute Gasteiger partial charge is 0.497 e. The van der Waals surface area contributed by atoms with Crippen molar-refractivity contribution in [3.8, 4) is 34.0 Å². The van der Waals surface area contributed by atoms with Gasteiger partial charge in [0.2, 0.25) is 10.0 Å². The highest BCUT2D eigenvalue weighted by Crippen LogP contribution is 2.30. The number of imidazole rings is 1. The second-order valence-corrected chi connectivity index (χ2v) is 14.0. The number of para-hydroxylation sites is 1. The molecule has 0 bridgehead atoms. The van der Waals surface area contributed by atoms with Gasteiger partial charge in [0, 0.05) is 16.3 Å². The molecule has 7 rings (SSSR count). The number of halogens is 1. The highest BCUT2D eigenvalue weighted by atomic mass is 35.5. The van der Waals surface area contributed by atoms with Gasteiger partial charge >= 0.3 is 0 Å². The first-order valence-corrected chi connectivity index (χ1v) is 17.9. The number of ether oxygens (including phenoxy) is 1. The molecule has 1 atom stereocenters. The molecule has 0 saturated heterocycles. The number of aryl methyl sites for hydroxylation is 1. The van der Waals surface area contributed by atoms with Crippen molar-refractivity contribution in [2.24, 2.45) is 0 Å². The van der Waals surface area contributed by atoms with E-state index in [1.165, 1.54) is 0 Å². The van der Waals surface area contributed by atoms with Crippen LogP contribution in [0.1, 0.15) is 23.0 Å². The zero-order valence-corrected chi connectivity index (χ0v) is 28.5. The molecular weight excluding hydrogens is 670 g/mol. The topological polar surface area (TPSA) is 119 Å². The number of hydrogen-bond acceptors (Lipinski definition) is 6. The van der Waals surface area contributed by atoms with Crippen LogP contribution in [0.5, 0.6) is 5.75 Å². The summed E-state index contributed by atoms with van der Waals surface area (Å²) in [5.41, 5.74) is 4.80. The van der Waals surface area contributed by atoms with Crippen molar-refractivity contribution in [1.82, 2.24) is 24.2 Å². The maximum atomic E-state index is 13.8. The molecule has 9 nitrogen and oxygen atoms in total. The Bertz CT molecular complexity index is 2420. The van der Waals surface area contributed by atoms with E-state index >= 15 is 0 Å². The molecule has 2 aromatic heterocycles. The Morgan fingerprint density at radius 2 is 1.40 bits per heavy atom. The molecule has 0 amide bonds. The highest BCUT2D eigenvalue weighted by molar-refractivity contribution is 7.89. The van der Waals surface area contributed by atoms with Gasteiger partial charge in [-0.2, -0.15) is 0 Å². The molecule has 50 heavy (non-hydrogen) atoms. The van der Waals surface area contributed by atoms with E-state index in [1.54, 1.807) is 48.1 Å². The van der Waals surface area contributed by atoms with Crippen LogP contribution in [-0.2, 0) is 16.4 Å². The van der Waals surface area contributed by atoms with Crippen LogP contribution in [0, 0.1) is 0 Å². The average Bonchev–Trinajstić information content (AvgIpc) is 3.54. The van der Waals surface area contributed by atoms with Crippen molar-refractivity contribution in [1.29, 1.82) is 0 Å². The van der Waals surface area contributed by atoms with Gasteiger partial charge in [-0.3, -0.25) is 9.36 Å². The first-order chi connectivity index (χ1) is 24.3. The van der Waals surface area contributed by atoms with Crippen LogP contribution in [0.3, 0.4) is 0 Å². The van der Waals surface area contributed by atoms with Crippen LogP contribution in [0.2, 0.25) is 5.02 Å². The third kappa shape index (κ3) is 7.09. The van der Waals surface area contributed by atoms with Crippen molar-refractivity contribution in [2.75, 3.05) is 12.9 Å². The van der Waals surface area contributed by atoms with E-state index in [1.807, 2.05) is 97.1 Å². The summed E-state index contributed by atoms with van der Waals surface area (Å²) in [5, 5.41) is 0.493. The fourth-order valence-electron chi connectivity index (χ4n) is 5.81. The Morgan fingerprint density at radius 1 is 0.780 bits per heavy atom. The molecule has 11 heteroatoms. The second kappa shape index (κ2) is 14.1. The number of benzene rings is 5. The molecule has 0 fully saturated rings. The lowest BCUT2D eigenvalue weighted by molar-refractivity contribution is 0.414. The lowest BCUT2D eigenvalue weighted by Gasteiger charge is -2.21. The number of methoxy groups -OCH3 is 1. The molecule has 0 aliphatic carbocycles. The van der Waals surface area contributed by atoms with E-state index in [0.717, 1.165) is 16.7 Å². The van der Waals surface area contributed by atoms with Crippen molar-refractivity contribution >= 4 is 32.8 Å². The van der Waals surface area contributed by atoms with Crippen LogP contribution in [-0.4, -0.2) is 40.8 Å². The zero-order valence-electron chi connectivity index (χ0n) is 27.0. The number of hydrogen-bond donors (Lipinski definition) is 2. The maximum Gasteiger partial charge on any atom is 0.279 e. The Hall–Kier alpha value is -5.55. The Morgan fingerprint density at radius 3 is 2.06 bits per heavy atom. The number of fused-ring (bicyclic) bond motifs is 1. The van der Waals surface area contributed by atoms with Gasteiger partial charge in [-0.25, -0.2) is 23.1 Å². The predicted molar refractivity (Wildman–Crippen MR) is 197 cm³/mol. The first-order valence-electron chi connectivity index (χ1n) is 15.9. The summed E-state index contributed by atoms with van der Waals surface area (Å²) in [4.78, 5) is 26.3. The number of rotatable bonds is 11. The predicted octanol–water partition coefficient (Wildman–Crippen LogP) is 7.36. The summed E-state index contributed by atoms with van der Waals surface area (Å²) in [6.45, 7) is 0. The van der Waals surface area contributed by atoms with Gasteiger partial charge < -0.3 is 9.72 Å². The van der Waals surface area contributed by atoms with Gasteiger partial charge in [-0.15, -0.1) is 0 Å². The second-order valence-electron chi connectivity index (χ2n) is 11.7. The van der Waals surface area contributed by atoms with Gasteiger partial charge in [0.05, 0.1) is 12.9 Å². The molecule has 5 aromatic carbocycles. The van der Waals surface area contributed by atoms with Crippen molar-refractivity contribution in [2.45, 2.75) is 12.5 Å². The third-order valence-corrected chi connectivity index (χ3v) is 9.99. The van der Waals surface area contributed by atoms with Gasteiger partial charge in [-0.1, -0.05) is 109 Å². The Kier molecular flexibility index (Phi) is 9.31. The molecule has 250 valence electrons. The van der Waals surface area contributed by atoms with Gasteiger partial charge in [0.1, 0.15) is 23.4 Å². The fraction of sp³-hybridized carbons (Fsp3) is 0.103. The molecule has 0 spiro atoms. The van der Waals surface area contributed by atoms with Crippen molar-refractivity contribution in [3.05, 3.63) is 166 Å². The van der Waals surface area contributed by atoms with Crippen LogP contribution >= 0.6 is 11.6 Å². The SMILES string of the molecule is COc1ccc(CCS(=O)(=O)NC(c2ccc(Cl)cc2)c2nc3c(=O)[nH]c(-c4ccc(-c5ccccc5)cc4)nc3n2-c2ccccc2)cc1. The molecule has 0 aliphatic heterocycles. The summed E-state index contributed by atoms with van der Waals surface area (Å²) in [6, 6.07) is 40.2. The first kappa shape index (κ1) is 33.0. The van der Waals surface area contributed by atoms with Gasteiger partial charge in [-0.05, 0) is 65.1 Å². The minimum atomic E-state index is -3.90. The number of nitrogens with one attached hydrogen (secondary N) is 2. The van der Waals surface area contributed by atoms with Gasteiger partial charge in [0.15, 0.2) is 11.2 Å². The number of aromatic nitrogens is 4. The molecule has 0 radical (unpaired) electrons. The quantitative estimate of drug-likeness (QED) is 0.146. The maximum absolute atomic E-state index is 13.8. The Balaban J connectivity index is 1.33. The molecule has 0 aliphatic rings. The monoisotopic (exact) mass is 701 g/mol. The number of H-pyrrole nitrogens is 1. The Labute approximate surface area is 294 Å². The van der Waals surface area contributed by atoms with E-state index < -0.39 is 21.6 Å². The van der Waals surface area contributed by atoms with E-state index in [0.29, 0.717) is 33.4 Å². The molecule has 2 heterocycles. The molecule has 2 N–H and O–H groups in total. The van der Waals surface area contributed by atoms with Crippen LogP contribution in [0.4, 0.5) is 0 Å². The summed E-state index contributed by atoms with van der Waals surface area (Å²) < 4.78 is 37.4. The van der Waals surface area contributed by atoms with E-state index in [-0.39, 0.29) is 29.2 Å². The summed E-state index contributed by atoms with van der Waals surface area (Å²) in [7, 11) is -2.32. The molecular formula is C39H32ClN5O4S. The van der Waals surface area contributed by atoms with Crippen LogP contribution < -0.4 is 15.0 Å². The highest BCUT2D eigenvalue weighted by Gasteiger charge is 2.29. The van der Waals surface area contributed by atoms with Crippen molar-refractivity contribution in [3.63, 3.8) is 0 Å². The number of nitrogens with zero attached hydrogens (tertiary/aromatic N) is 3. The van der Waals surface area contributed by atoms with Gasteiger partial charge in [0.25, 0.3) is 5.56 Å². The summed E-state index contributed by atoms with van der Waals surface area (Å²) >= 11 is 6.24. The minimum absolute atomic E-state index is 0.0740. The van der Waals surface area contributed by atoms with E-state index in [4.69, 9.17) is 26.3 Å². The minimum Gasteiger partial charge on any atom is -0.497 e. The summed E-state index contributed by atoms with van der Waals surface area (Å²) in [5.74, 6) is 1.13. The van der Waals surface area contributed by atoms with Crippen LogP contribution in [0.25, 0.3) is 39.4 Å². The normalized spacial score (nSPS) is 12.2. The zero-order chi connectivity index (χ0) is 34.7. The molecule has 0 saturated carbocycles. The number of aromatic amines is 1. The van der Waals surface area contributed by atoms with Crippen molar-refractivity contribution < 1.29 is 13.2 Å². The standard InChI is InChI=1S/C39H32ClN5O4S/c1-49-33-22-12-26(13-23-33)24-25-50(47,48)44-34(29-18-20-31(40)21-19-29)37-41-35-38(45(37)32-10-6-3-7-11-32)42-36(43-39(35)46)30-16-14-28(15-17-30)27-8-4-2-5-9-27/h2-23,34,44H,24-25H2,1H3,(H,42,43,46). The van der Waals surface area contributed by atoms with E-state index in [9.17, 15) is 13.2 Å². The smallest absolute Gasteiger partial charge is 0.279 e. The average molecular weight is 702 g/mol. The van der Waals surface area contributed by atoms with E-state index in [2.05, 4.69) is 9.71 Å².